The first-order valence-electron chi connectivity index (χ1n) is 10.1. The van der Waals surface area contributed by atoms with Crippen molar-refractivity contribution in [3.63, 3.8) is 0 Å². The lowest BCUT2D eigenvalue weighted by Gasteiger charge is -2.24. The highest BCUT2D eigenvalue weighted by Crippen LogP contribution is 2.21. The highest BCUT2D eigenvalue weighted by Gasteiger charge is 2.28. The van der Waals surface area contributed by atoms with Gasteiger partial charge in [0.15, 0.2) is 5.96 Å². The molecule has 0 radical (unpaired) electrons. The Labute approximate surface area is 197 Å². The average Bonchev–Trinajstić information content (AvgIpc) is 3.10. The van der Waals surface area contributed by atoms with E-state index in [4.69, 9.17) is 16.6 Å². The van der Waals surface area contributed by atoms with Crippen LogP contribution in [0.2, 0.25) is 5.02 Å². The van der Waals surface area contributed by atoms with Crippen molar-refractivity contribution in [2.45, 2.75) is 39.3 Å². The molecule has 0 saturated carbocycles. The molecular formula is C21H35ClIN5O. The molecule has 1 amide bonds. The van der Waals surface area contributed by atoms with Gasteiger partial charge in [0.05, 0.1) is 12.6 Å². The molecule has 1 fully saturated rings. The van der Waals surface area contributed by atoms with Crippen LogP contribution in [0.4, 0.5) is 0 Å². The topological polar surface area (TPSA) is 60.0 Å². The van der Waals surface area contributed by atoms with Gasteiger partial charge in [-0.2, -0.15) is 0 Å². The Balaban J connectivity index is 0.00000420. The molecule has 1 aliphatic heterocycles. The minimum atomic E-state index is 0. The Morgan fingerprint density at radius 3 is 2.52 bits per heavy atom. The quantitative estimate of drug-likeness (QED) is 0.319. The molecule has 6 nitrogen and oxygen atoms in total. The van der Waals surface area contributed by atoms with Gasteiger partial charge in [-0.1, -0.05) is 37.6 Å². The summed E-state index contributed by atoms with van der Waals surface area (Å²) >= 11 is 6.02. The summed E-state index contributed by atoms with van der Waals surface area (Å²) in [7, 11) is 4.11. The number of amides is 1. The van der Waals surface area contributed by atoms with Crippen LogP contribution in [0, 0.1) is 5.92 Å². The number of hydrogen-bond donors (Lipinski definition) is 2. The van der Waals surface area contributed by atoms with E-state index in [2.05, 4.69) is 48.7 Å². The van der Waals surface area contributed by atoms with E-state index in [1.807, 2.05) is 30.9 Å². The van der Waals surface area contributed by atoms with Gasteiger partial charge in [-0.05, 0) is 45.1 Å². The van der Waals surface area contributed by atoms with Gasteiger partial charge in [-0.15, -0.1) is 24.0 Å². The summed E-state index contributed by atoms with van der Waals surface area (Å²) < 4.78 is 0. The van der Waals surface area contributed by atoms with Crippen LogP contribution in [0.25, 0.3) is 0 Å². The highest BCUT2D eigenvalue weighted by atomic mass is 127. The minimum Gasteiger partial charge on any atom is -0.357 e. The third kappa shape index (κ3) is 7.94. The number of hydrogen-bond acceptors (Lipinski definition) is 3. The van der Waals surface area contributed by atoms with E-state index in [1.165, 1.54) is 5.56 Å². The largest absolute Gasteiger partial charge is 0.357 e. The lowest BCUT2D eigenvalue weighted by atomic mass is 10.1. The number of rotatable bonds is 7. The van der Waals surface area contributed by atoms with Crippen molar-refractivity contribution in [2.75, 3.05) is 40.3 Å². The summed E-state index contributed by atoms with van der Waals surface area (Å²) in [5.41, 5.74) is 1.18. The molecule has 1 aromatic carbocycles. The van der Waals surface area contributed by atoms with Gasteiger partial charge in [-0.25, -0.2) is 0 Å². The van der Waals surface area contributed by atoms with Crippen molar-refractivity contribution < 1.29 is 4.79 Å². The van der Waals surface area contributed by atoms with E-state index in [-0.39, 0.29) is 47.9 Å². The monoisotopic (exact) mass is 535 g/mol. The van der Waals surface area contributed by atoms with Crippen molar-refractivity contribution in [1.29, 1.82) is 0 Å². The van der Waals surface area contributed by atoms with Crippen molar-refractivity contribution in [3.8, 4) is 0 Å². The molecule has 2 atom stereocenters. The van der Waals surface area contributed by atoms with Crippen LogP contribution >= 0.6 is 35.6 Å². The fraction of sp³-hybridized carbons (Fsp3) is 0.619. The zero-order valence-corrected chi connectivity index (χ0v) is 21.2. The average molecular weight is 536 g/mol. The van der Waals surface area contributed by atoms with Crippen LogP contribution in [0.15, 0.2) is 29.3 Å². The third-order valence-electron chi connectivity index (χ3n) is 4.98. The SMILES string of the molecule is CCNC(=NCC(c1ccc(Cl)cc1)N(C)C)NC1CCN(C(=O)C(C)C)C1.I. The first-order valence-corrected chi connectivity index (χ1v) is 10.4. The molecule has 1 aliphatic rings. The number of benzene rings is 1. The van der Waals surface area contributed by atoms with Gasteiger partial charge in [0, 0.05) is 36.6 Å². The normalized spacial score (nSPS) is 18.0. The van der Waals surface area contributed by atoms with Gasteiger partial charge in [-0.3, -0.25) is 9.79 Å². The summed E-state index contributed by atoms with van der Waals surface area (Å²) in [5, 5.41) is 7.57. The lowest BCUT2D eigenvalue weighted by molar-refractivity contribution is -0.133. The summed E-state index contributed by atoms with van der Waals surface area (Å²) in [6.45, 7) is 8.92. The van der Waals surface area contributed by atoms with Crippen LogP contribution < -0.4 is 10.6 Å². The first-order chi connectivity index (χ1) is 13.3. The van der Waals surface area contributed by atoms with Gasteiger partial charge >= 0.3 is 0 Å². The molecule has 2 unspecified atom stereocenters. The van der Waals surface area contributed by atoms with Crippen LogP contribution in [-0.4, -0.2) is 68.0 Å². The number of guanidine groups is 1. The van der Waals surface area contributed by atoms with E-state index in [9.17, 15) is 4.79 Å². The summed E-state index contributed by atoms with van der Waals surface area (Å²) in [6.07, 6.45) is 0.942. The number of nitrogens with one attached hydrogen (secondary N) is 2. The third-order valence-corrected chi connectivity index (χ3v) is 5.23. The molecule has 1 saturated heterocycles. The molecule has 2 rings (SSSR count). The molecule has 0 spiro atoms. The van der Waals surface area contributed by atoms with Crippen molar-refractivity contribution in [2.24, 2.45) is 10.9 Å². The van der Waals surface area contributed by atoms with E-state index < -0.39 is 0 Å². The van der Waals surface area contributed by atoms with Crippen LogP contribution in [0.3, 0.4) is 0 Å². The maximum absolute atomic E-state index is 12.2. The zero-order valence-electron chi connectivity index (χ0n) is 18.1. The molecule has 2 N–H and O–H groups in total. The van der Waals surface area contributed by atoms with E-state index in [1.54, 1.807) is 0 Å². The maximum atomic E-state index is 12.2. The highest BCUT2D eigenvalue weighted by molar-refractivity contribution is 14.0. The molecule has 0 aromatic heterocycles. The van der Waals surface area contributed by atoms with Crippen LogP contribution in [-0.2, 0) is 4.79 Å². The number of halogens is 2. The second kappa shape index (κ2) is 12.6. The second-order valence-electron chi connectivity index (χ2n) is 7.82. The number of nitrogens with zero attached hydrogens (tertiary/aromatic N) is 3. The number of likely N-dealkylation sites (N-methyl/N-ethyl adjacent to an activating group) is 1. The second-order valence-corrected chi connectivity index (χ2v) is 8.26. The molecular weight excluding hydrogens is 501 g/mol. The van der Waals surface area contributed by atoms with Crippen molar-refractivity contribution >= 4 is 47.4 Å². The van der Waals surface area contributed by atoms with E-state index in [0.717, 1.165) is 37.0 Å². The van der Waals surface area contributed by atoms with Gasteiger partial charge in [0.1, 0.15) is 0 Å². The molecule has 8 heteroatoms. The Morgan fingerprint density at radius 1 is 1.31 bits per heavy atom. The molecule has 1 aromatic rings. The zero-order chi connectivity index (χ0) is 20.7. The fourth-order valence-electron chi connectivity index (χ4n) is 3.39. The number of likely N-dealkylation sites (tertiary alicyclic amines) is 1. The van der Waals surface area contributed by atoms with Gasteiger partial charge in [0.25, 0.3) is 0 Å². The van der Waals surface area contributed by atoms with Crippen LogP contribution in [0.1, 0.15) is 38.8 Å². The predicted octanol–water partition coefficient (Wildman–Crippen LogP) is 3.37. The maximum Gasteiger partial charge on any atom is 0.225 e. The van der Waals surface area contributed by atoms with Crippen molar-refractivity contribution in [1.82, 2.24) is 20.4 Å². The lowest BCUT2D eigenvalue weighted by Crippen LogP contribution is -2.45. The van der Waals surface area contributed by atoms with Gasteiger partial charge in [0.2, 0.25) is 5.91 Å². The first kappa shape index (κ1) is 26.0. The molecule has 0 bridgehead atoms. The van der Waals surface area contributed by atoms with E-state index >= 15 is 0 Å². The number of carbonyl (C=O) groups is 1. The fourth-order valence-corrected chi connectivity index (χ4v) is 3.51. The molecule has 164 valence electrons. The molecule has 29 heavy (non-hydrogen) atoms. The van der Waals surface area contributed by atoms with E-state index in [0.29, 0.717) is 6.54 Å². The number of aliphatic imine (C=N–C) groups is 1. The molecule has 0 aliphatic carbocycles. The summed E-state index contributed by atoms with van der Waals surface area (Å²) in [5.74, 6) is 1.06. The predicted molar refractivity (Wildman–Crippen MR) is 132 cm³/mol. The summed E-state index contributed by atoms with van der Waals surface area (Å²) in [4.78, 5) is 21.1. The minimum absolute atomic E-state index is 0. The van der Waals surface area contributed by atoms with Crippen LogP contribution in [0.5, 0.6) is 0 Å². The summed E-state index contributed by atoms with van der Waals surface area (Å²) in [6, 6.07) is 8.33. The van der Waals surface area contributed by atoms with Crippen molar-refractivity contribution in [3.05, 3.63) is 34.9 Å². The smallest absolute Gasteiger partial charge is 0.225 e. The number of carbonyl (C=O) groups excluding carboxylic acids is 1. The Hall–Kier alpha value is -1.06. The molecule has 1 heterocycles. The van der Waals surface area contributed by atoms with Gasteiger partial charge < -0.3 is 20.4 Å². The Kier molecular flexibility index (Phi) is 11.3. The Morgan fingerprint density at radius 2 is 1.97 bits per heavy atom. The standard InChI is InChI=1S/C21H34ClN5O.HI/c1-6-23-21(25-18-11-12-27(14-18)20(28)15(2)3)24-13-19(26(4)5)16-7-9-17(22)10-8-16;/h7-10,15,18-19H,6,11-14H2,1-5H3,(H2,23,24,25);1H. The Bertz CT molecular complexity index is 666.